The number of thiophene rings is 1. The molecule has 0 atom stereocenters. The first-order chi connectivity index (χ1) is 8.47. The lowest BCUT2D eigenvalue weighted by atomic mass is 9.86. The summed E-state index contributed by atoms with van der Waals surface area (Å²) < 4.78 is 0. The maximum absolute atomic E-state index is 12.1. The second-order valence-corrected chi connectivity index (χ2v) is 6.54. The zero-order valence-corrected chi connectivity index (χ0v) is 11.9. The van der Waals surface area contributed by atoms with Crippen LogP contribution in [0.5, 0.6) is 0 Å². The second kappa shape index (κ2) is 5.07. The smallest absolute Gasteiger partial charge is 0.168 e. The molecule has 0 fully saturated rings. The van der Waals surface area contributed by atoms with Crippen LogP contribution in [0.4, 0.5) is 0 Å². The Morgan fingerprint density at radius 3 is 2.28 bits per heavy atom. The van der Waals surface area contributed by atoms with Gasteiger partial charge in [0.15, 0.2) is 5.78 Å². The minimum absolute atomic E-state index is 0.134. The molecule has 1 nitrogen and oxygen atoms in total. The number of ketones is 1. The summed E-state index contributed by atoms with van der Waals surface area (Å²) in [4.78, 5) is 13.2. The number of hydrogen-bond acceptors (Lipinski definition) is 2. The first-order valence-corrected chi connectivity index (χ1v) is 7.01. The van der Waals surface area contributed by atoms with Crippen molar-refractivity contribution in [1.82, 2.24) is 0 Å². The van der Waals surface area contributed by atoms with E-state index in [1.54, 1.807) is 11.3 Å². The molecule has 0 radical (unpaired) electrons. The van der Waals surface area contributed by atoms with Crippen LogP contribution in [0.15, 0.2) is 41.8 Å². The third-order valence-corrected chi connectivity index (χ3v) is 3.86. The van der Waals surface area contributed by atoms with Crippen LogP contribution in [0.2, 0.25) is 0 Å². The molecule has 1 heterocycles. The van der Waals surface area contributed by atoms with Crippen molar-refractivity contribution in [2.24, 2.45) is 0 Å². The molecule has 2 heteroatoms. The predicted octanol–water partition coefficient (Wildman–Crippen LogP) is 4.47. The minimum Gasteiger partial charge on any atom is -0.294 e. The molecule has 0 amide bonds. The van der Waals surface area contributed by atoms with Crippen LogP contribution in [-0.2, 0) is 11.8 Å². The Kier molecular flexibility index (Phi) is 3.67. The van der Waals surface area contributed by atoms with E-state index in [-0.39, 0.29) is 11.2 Å². The molecular weight excluding hydrogens is 240 g/mol. The molecule has 2 rings (SSSR count). The van der Waals surface area contributed by atoms with Gasteiger partial charge < -0.3 is 0 Å². The Hall–Kier alpha value is -1.41. The van der Waals surface area contributed by atoms with Gasteiger partial charge >= 0.3 is 0 Å². The summed E-state index contributed by atoms with van der Waals surface area (Å²) in [7, 11) is 0. The maximum atomic E-state index is 12.1. The highest BCUT2D eigenvalue weighted by Crippen LogP contribution is 2.22. The molecule has 0 aliphatic carbocycles. The number of benzene rings is 1. The van der Waals surface area contributed by atoms with E-state index in [0.717, 1.165) is 10.4 Å². The summed E-state index contributed by atoms with van der Waals surface area (Å²) in [6, 6.07) is 12.0. The average molecular weight is 258 g/mol. The first-order valence-electron chi connectivity index (χ1n) is 6.13. The van der Waals surface area contributed by atoms with Gasteiger partial charge in [-0.1, -0.05) is 51.1 Å². The van der Waals surface area contributed by atoms with Gasteiger partial charge in [-0.25, -0.2) is 0 Å². The van der Waals surface area contributed by atoms with Crippen LogP contribution >= 0.6 is 11.3 Å². The molecule has 0 bridgehead atoms. The Morgan fingerprint density at radius 2 is 1.78 bits per heavy atom. The zero-order valence-electron chi connectivity index (χ0n) is 11.1. The van der Waals surface area contributed by atoms with Crippen LogP contribution in [0, 0.1) is 0 Å². The topological polar surface area (TPSA) is 17.1 Å². The Morgan fingerprint density at radius 1 is 1.11 bits per heavy atom. The Bertz CT molecular complexity index is 515. The normalized spacial score (nSPS) is 11.5. The lowest BCUT2D eigenvalue weighted by molar-refractivity contribution is 0.0994. The minimum atomic E-state index is 0.134. The van der Waals surface area contributed by atoms with Crippen LogP contribution < -0.4 is 0 Å². The number of rotatable bonds is 3. The molecule has 18 heavy (non-hydrogen) atoms. The number of Topliss-reactive ketones (excluding diaryl/α,β-unsaturated/α-hetero) is 1. The summed E-state index contributed by atoms with van der Waals surface area (Å²) in [6.45, 7) is 6.53. The van der Waals surface area contributed by atoms with Crippen molar-refractivity contribution in [2.45, 2.75) is 32.6 Å². The number of hydrogen-bond donors (Lipinski definition) is 0. The van der Waals surface area contributed by atoms with Gasteiger partial charge in [0.05, 0.1) is 0 Å². The first kappa shape index (κ1) is 13.0. The quantitative estimate of drug-likeness (QED) is 0.742. The third kappa shape index (κ3) is 3.08. The average Bonchev–Trinajstić information content (AvgIpc) is 2.81. The van der Waals surface area contributed by atoms with E-state index in [4.69, 9.17) is 0 Å². The third-order valence-electron chi connectivity index (χ3n) is 2.99. The molecule has 1 aromatic heterocycles. The van der Waals surface area contributed by atoms with E-state index in [0.29, 0.717) is 6.42 Å². The van der Waals surface area contributed by atoms with E-state index in [1.807, 2.05) is 29.6 Å². The highest BCUT2D eigenvalue weighted by molar-refractivity contribution is 7.10. The molecule has 0 unspecified atom stereocenters. The molecular formula is C16H18OS. The lowest BCUT2D eigenvalue weighted by Gasteiger charge is -2.18. The van der Waals surface area contributed by atoms with E-state index < -0.39 is 0 Å². The molecule has 0 saturated carbocycles. The predicted molar refractivity (Wildman–Crippen MR) is 77.5 cm³/mol. The van der Waals surface area contributed by atoms with E-state index in [2.05, 4.69) is 32.9 Å². The van der Waals surface area contributed by atoms with Gasteiger partial charge in [-0.15, -0.1) is 11.3 Å². The SMILES string of the molecule is CC(C)(C)c1ccc(C(=O)Cc2cccs2)cc1. The molecule has 0 aliphatic heterocycles. The van der Waals surface area contributed by atoms with Crippen LogP contribution in [0.25, 0.3) is 0 Å². The fourth-order valence-electron chi connectivity index (χ4n) is 1.83. The van der Waals surface area contributed by atoms with Gasteiger partial charge in [-0.05, 0) is 22.4 Å². The van der Waals surface area contributed by atoms with Gasteiger partial charge in [-0.3, -0.25) is 4.79 Å². The fraction of sp³-hybridized carbons (Fsp3) is 0.312. The number of carbonyl (C=O) groups is 1. The maximum Gasteiger partial charge on any atom is 0.168 e. The Balaban J connectivity index is 2.12. The largest absolute Gasteiger partial charge is 0.294 e. The van der Waals surface area contributed by atoms with Gasteiger partial charge in [0, 0.05) is 16.9 Å². The molecule has 0 saturated heterocycles. The monoisotopic (exact) mass is 258 g/mol. The van der Waals surface area contributed by atoms with E-state index in [1.165, 1.54) is 5.56 Å². The molecule has 0 N–H and O–H groups in total. The standard InChI is InChI=1S/C16H18OS/c1-16(2,3)13-8-6-12(7-9-13)15(17)11-14-5-4-10-18-14/h4-10H,11H2,1-3H3. The highest BCUT2D eigenvalue weighted by Gasteiger charge is 2.14. The summed E-state index contributed by atoms with van der Waals surface area (Å²) in [5.74, 6) is 0.193. The van der Waals surface area contributed by atoms with Crippen LogP contribution in [0.3, 0.4) is 0 Å². The highest BCUT2D eigenvalue weighted by atomic mass is 32.1. The van der Waals surface area contributed by atoms with Crippen LogP contribution in [0.1, 0.15) is 41.6 Å². The summed E-state index contributed by atoms with van der Waals surface area (Å²) in [5.41, 5.74) is 2.20. The molecule has 2 aromatic rings. The Labute approximate surface area is 112 Å². The van der Waals surface area contributed by atoms with E-state index >= 15 is 0 Å². The van der Waals surface area contributed by atoms with Crippen molar-refractivity contribution in [2.75, 3.05) is 0 Å². The van der Waals surface area contributed by atoms with Crippen molar-refractivity contribution in [1.29, 1.82) is 0 Å². The zero-order chi connectivity index (χ0) is 13.2. The molecule has 0 aliphatic rings. The summed E-state index contributed by atoms with van der Waals surface area (Å²) >= 11 is 1.63. The fourth-order valence-corrected chi connectivity index (χ4v) is 2.53. The van der Waals surface area contributed by atoms with Crippen molar-refractivity contribution in [3.63, 3.8) is 0 Å². The van der Waals surface area contributed by atoms with E-state index in [9.17, 15) is 4.79 Å². The van der Waals surface area contributed by atoms with Crippen molar-refractivity contribution in [3.8, 4) is 0 Å². The molecule has 0 spiro atoms. The summed E-state index contributed by atoms with van der Waals surface area (Å²) in [6.07, 6.45) is 0.506. The van der Waals surface area contributed by atoms with Crippen molar-refractivity contribution >= 4 is 17.1 Å². The van der Waals surface area contributed by atoms with Crippen molar-refractivity contribution in [3.05, 3.63) is 57.8 Å². The number of carbonyl (C=O) groups excluding carboxylic acids is 1. The summed E-state index contributed by atoms with van der Waals surface area (Å²) in [5, 5.41) is 2.01. The molecule has 1 aromatic carbocycles. The van der Waals surface area contributed by atoms with Crippen LogP contribution in [-0.4, -0.2) is 5.78 Å². The van der Waals surface area contributed by atoms with Gasteiger partial charge in [0.2, 0.25) is 0 Å². The van der Waals surface area contributed by atoms with Gasteiger partial charge in [0.25, 0.3) is 0 Å². The van der Waals surface area contributed by atoms with Gasteiger partial charge in [0.1, 0.15) is 0 Å². The van der Waals surface area contributed by atoms with Gasteiger partial charge in [-0.2, -0.15) is 0 Å². The second-order valence-electron chi connectivity index (χ2n) is 5.51. The van der Waals surface area contributed by atoms with Crippen molar-refractivity contribution < 1.29 is 4.79 Å². The molecule has 94 valence electrons. The lowest BCUT2D eigenvalue weighted by Crippen LogP contribution is -2.11.